The molecule has 0 saturated heterocycles. The van der Waals surface area contributed by atoms with Crippen LogP contribution in [0, 0.1) is 0 Å². The summed E-state index contributed by atoms with van der Waals surface area (Å²) in [5.41, 5.74) is 1.75. The lowest BCUT2D eigenvalue weighted by Crippen LogP contribution is -2.16. The number of pyridine rings is 1. The first-order valence-corrected chi connectivity index (χ1v) is 9.08. The highest BCUT2D eigenvalue weighted by atomic mass is 32.2. The molecule has 0 unspecified atom stereocenters. The predicted octanol–water partition coefficient (Wildman–Crippen LogP) is 3.24. The van der Waals surface area contributed by atoms with Gasteiger partial charge in [-0.1, -0.05) is 0 Å². The van der Waals surface area contributed by atoms with Crippen LogP contribution in [-0.2, 0) is 9.84 Å². The van der Waals surface area contributed by atoms with Crippen molar-refractivity contribution in [2.45, 2.75) is 11.4 Å². The van der Waals surface area contributed by atoms with E-state index in [2.05, 4.69) is 14.7 Å². The lowest BCUT2D eigenvalue weighted by molar-refractivity contribution is -0.274. The van der Waals surface area contributed by atoms with E-state index >= 15 is 0 Å². The van der Waals surface area contributed by atoms with Crippen LogP contribution >= 0.6 is 0 Å². The number of sulfone groups is 1. The van der Waals surface area contributed by atoms with Gasteiger partial charge in [0.25, 0.3) is 0 Å². The second-order valence-electron chi connectivity index (χ2n) is 5.35. The molecule has 6 nitrogen and oxygen atoms in total. The Morgan fingerprint density at radius 3 is 2.27 bits per heavy atom. The second-order valence-corrected chi connectivity index (χ2v) is 7.31. The van der Waals surface area contributed by atoms with Gasteiger partial charge in [-0.25, -0.2) is 18.4 Å². The Kier molecular flexibility index (Phi) is 4.45. The molecule has 2 heterocycles. The number of rotatable bonds is 4. The van der Waals surface area contributed by atoms with Crippen molar-refractivity contribution < 1.29 is 26.3 Å². The summed E-state index contributed by atoms with van der Waals surface area (Å²) in [5.74, 6) is -0.327. The topological polar surface area (TPSA) is 74.1 Å². The van der Waals surface area contributed by atoms with Crippen molar-refractivity contribution in [2.24, 2.45) is 0 Å². The van der Waals surface area contributed by atoms with Gasteiger partial charge in [0.15, 0.2) is 14.9 Å². The third-order valence-corrected chi connectivity index (χ3v) is 4.40. The molecule has 136 valence electrons. The van der Waals surface area contributed by atoms with Gasteiger partial charge in [-0.3, -0.25) is 4.57 Å². The zero-order valence-corrected chi connectivity index (χ0v) is 14.1. The van der Waals surface area contributed by atoms with Crippen LogP contribution in [-0.4, -0.2) is 35.6 Å². The Bertz CT molecular complexity index is 1010. The van der Waals surface area contributed by atoms with Gasteiger partial charge in [-0.2, -0.15) is 0 Å². The zero-order valence-electron chi connectivity index (χ0n) is 13.3. The molecule has 0 radical (unpaired) electrons. The van der Waals surface area contributed by atoms with Crippen molar-refractivity contribution in [3.8, 4) is 22.7 Å². The van der Waals surface area contributed by atoms with E-state index in [1.54, 1.807) is 10.6 Å². The first-order chi connectivity index (χ1) is 12.1. The van der Waals surface area contributed by atoms with Crippen LogP contribution in [0.4, 0.5) is 13.2 Å². The molecule has 0 aliphatic rings. The molecule has 1 aromatic carbocycles. The lowest BCUT2D eigenvalue weighted by Gasteiger charge is -2.11. The smallest absolute Gasteiger partial charge is 0.406 e. The first-order valence-electron chi connectivity index (χ1n) is 7.18. The van der Waals surface area contributed by atoms with Crippen LogP contribution in [0.5, 0.6) is 5.75 Å². The average Bonchev–Trinajstić information content (AvgIpc) is 3.03. The van der Waals surface area contributed by atoms with Crippen molar-refractivity contribution >= 4 is 9.84 Å². The van der Waals surface area contributed by atoms with Crippen LogP contribution < -0.4 is 4.74 Å². The Labute approximate surface area is 146 Å². The molecule has 0 spiro atoms. The molecule has 0 fully saturated rings. The van der Waals surface area contributed by atoms with Crippen molar-refractivity contribution in [2.75, 3.05) is 6.26 Å². The summed E-state index contributed by atoms with van der Waals surface area (Å²) in [5, 5.41) is -0.0587. The summed E-state index contributed by atoms with van der Waals surface area (Å²) in [6.45, 7) is 0. The van der Waals surface area contributed by atoms with E-state index in [0.717, 1.165) is 6.26 Å². The Balaban J connectivity index is 1.91. The van der Waals surface area contributed by atoms with E-state index in [4.69, 9.17) is 0 Å². The van der Waals surface area contributed by atoms with E-state index in [9.17, 15) is 21.6 Å². The molecule has 0 aliphatic carbocycles. The molecule has 0 saturated carbocycles. The fraction of sp³-hybridized carbons (Fsp3) is 0.125. The molecule has 3 aromatic rings. The fourth-order valence-electron chi connectivity index (χ4n) is 2.28. The quantitative estimate of drug-likeness (QED) is 0.692. The molecule has 0 N–H and O–H groups in total. The van der Waals surface area contributed by atoms with Crippen LogP contribution in [0.15, 0.2) is 60.1 Å². The standard InChI is InChI=1S/C16H12F3N3O3S/c1-26(23,24)15-7-4-12(8-21-15)22-10-20-9-14(22)11-2-5-13(6-3-11)25-16(17,18)19/h2-10H,1H3. The van der Waals surface area contributed by atoms with Gasteiger partial charge >= 0.3 is 6.36 Å². The third kappa shape index (κ3) is 4.02. The second kappa shape index (κ2) is 6.45. The van der Waals surface area contributed by atoms with Crippen molar-refractivity contribution in [3.63, 3.8) is 0 Å². The minimum Gasteiger partial charge on any atom is -0.406 e. The van der Waals surface area contributed by atoms with Crippen LogP contribution in [0.3, 0.4) is 0 Å². The molecule has 0 atom stereocenters. The minimum absolute atomic E-state index is 0.0587. The zero-order chi connectivity index (χ0) is 18.9. The molecule has 3 rings (SSSR count). The molecule has 0 bridgehead atoms. The minimum atomic E-state index is -4.75. The highest BCUT2D eigenvalue weighted by molar-refractivity contribution is 7.90. The van der Waals surface area contributed by atoms with Crippen LogP contribution in [0.25, 0.3) is 16.9 Å². The van der Waals surface area contributed by atoms with E-state index < -0.39 is 16.2 Å². The predicted molar refractivity (Wildman–Crippen MR) is 86.6 cm³/mol. The molecule has 10 heteroatoms. The third-order valence-electron chi connectivity index (χ3n) is 3.40. The normalized spacial score (nSPS) is 12.2. The lowest BCUT2D eigenvalue weighted by atomic mass is 10.1. The number of aromatic nitrogens is 3. The van der Waals surface area contributed by atoms with E-state index in [-0.39, 0.29) is 10.8 Å². The number of ether oxygens (including phenoxy) is 1. The SMILES string of the molecule is CS(=O)(=O)c1ccc(-n2cncc2-c2ccc(OC(F)(F)F)cc2)cn1. The molecule has 0 aliphatic heterocycles. The van der Waals surface area contributed by atoms with Gasteiger partial charge in [-0.05, 0) is 36.4 Å². The Morgan fingerprint density at radius 2 is 1.73 bits per heavy atom. The molecular weight excluding hydrogens is 371 g/mol. The van der Waals surface area contributed by atoms with Gasteiger partial charge in [0.2, 0.25) is 0 Å². The molecule has 26 heavy (non-hydrogen) atoms. The van der Waals surface area contributed by atoms with E-state index in [1.165, 1.54) is 49.1 Å². The molecule has 2 aromatic heterocycles. The van der Waals surface area contributed by atoms with Gasteiger partial charge in [0.1, 0.15) is 5.75 Å². The van der Waals surface area contributed by atoms with Gasteiger partial charge in [-0.15, -0.1) is 13.2 Å². The van der Waals surface area contributed by atoms with Crippen molar-refractivity contribution in [1.29, 1.82) is 0 Å². The number of nitrogens with zero attached hydrogens (tertiary/aromatic N) is 3. The maximum absolute atomic E-state index is 12.2. The van der Waals surface area contributed by atoms with Crippen molar-refractivity contribution in [1.82, 2.24) is 14.5 Å². The molecule has 0 amide bonds. The van der Waals surface area contributed by atoms with Gasteiger partial charge in [0, 0.05) is 11.8 Å². The average molecular weight is 383 g/mol. The summed E-state index contributed by atoms with van der Waals surface area (Å²) in [7, 11) is -3.41. The monoisotopic (exact) mass is 383 g/mol. The van der Waals surface area contributed by atoms with E-state index in [1.807, 2.05) is 0 Å². The Hall–Kier alpha value is -2.88. The largest absolute Gasteiger partial charge is 0.573 e. The number of hydrogen-bond acceptors (Lipinski definition) is 5. The summed E-state index contributed by atoms with van der Waals surface area (Å²) in [6.07, 6.45) is 0.706. The fourth-order valence-corrected chi connectivity index (χ4v) is 2.84. The summed E-state index contributed by atoms with van der Waals surface area (Å²) in [4.78, 5) is 7.95. The van der Waals surface area contributed by atoms with Crippen molar-refractivity contribution in [3.05, 3.63) is 55.1 Å². The molecular formula is C16H12F3N3O3S. The maximum atomic E-state index is 12.2. The highest BCUT2D eigenvalue weighted by Crippen LogP contribution is 2.27. The summed E-state index contributed by atoms with van der Waals surface area (Å²) in [6, 6.07) is 8.26. The Morgan fingerprint density at radius 1 is 1.04 bits per heavy atom. The number of benzene rings is 1. The number of imidazole rings is 1. The van der Waals surface area contributed by atoms with Crippen LogP contribution in [0.2, 0.25) is 0 Å². The van der Waals surface area contributed by atoms with Gasteiger partial charge in [0.05, 0.1) is 30.1 Å². The van der Waals surface area contributed by atoms with Crippen LogP contribution in [0.1, 0.15) is 0 Å². The highest BCUT2D eigenvalue weighted by Gasteiger charge is 2.31. The maximum Gasteiger partial charge on any atom is 0.573 e. The number of halogens is 3. The van der Waals surface area contributed by atoms with Gasteiger partial charge < -0.3 is 4.74 Å². The summed E-state index contributed by atoms with van der Waals surface area (Å²) >= 11 is 0. The summed E-state index contributed by atoms with van der Waals surface area (Å²) < 4.78 is 65.1. The number of alkyl halides is 3. The number of hydrogen-bond donors (Lipinski definition) is 0. The van der Waals surface area contributed by atoms with E-state index in [0.29, 0.717) is 16.9 Å². The first kappa shape index (κ1) is 17.9.